The Hall–Kier alpha value is -1.63. The number of carbonyl (C=O) groups is 2. The summed E-state index contributed by atoms with van der Waals surface area (Å²) in [4.78, 5) is 26.9. The minimum atomic E-state index is -0.490. The van der Waals surface area contributed by atoms with Crippen molar-refractivity contribution in [2.45, 2.75) is 63.2 Å². The molecule has 0 bridgehead atoms. The summed E-state index contributed by atoms with van der Waals surface area (Å²) < 4.78 is 5.60. The van der Waals surface area contributed by atoms with Crippen LogP contribution in [0.4, 0.5) is 5.69 Å². The molecule has 27 heavy (non-hydrogen) atoms. The largest absolute Gasteiger partial charge is 0.364 e. The van der Waals surface area contributed by atoms with Gasteiger partial charge in [-0.3, -0.25) is 9.59 Å². The summed E-state index contributed by atoms with van der Waals surface area (Å²) in [5.74, 6) is -0.282. The molecule has 1 aliphatic heterocycles. The number of hydrogen-bond acceptors (Lipinski definition) is 4. The van der Waals surface area contributed by atoms with Crippen molar-refractivity contribution >= 4 is 29.1 Å². The van der Waals surface area contributed by atoms with Crippen LogP contribution < -0.4 is 11.1 Å². The van der Waals surface area contributed by atoms with Crippen LogP contribution >= 0.6 is 11.6 Å². The molecule has 1 aromatic carbocycles. The second-order valence-electron chi connectivity index (χ2n) is 7.45. The molecule has 3 N–H and O–H groups in total. The summed E-state index contributed by atoms with van der Waals surface area (Å²) in [6.07, 6.45) is 6.55. The van der Waals surface area contributed by atoms with Crippen LogP contribution in [0.1, 0.15) is 55.3 Å². The summed E-state index contributed by atoms with van der Waals surface area (Å²) in [7, 11) is 1.84. The van der Waals surface area contributed by atoms with Crippen LogP contribution in [0.3, 0.4) is 0 Å². The third-order valence-corrected chi connectivity index (χ3v) is 5.89. The van der Waals surface area contributed by atoms with Gasteiger partial charge in [0.15, 0.2) is 0 Å². The van der Waals surface area contributed by atoms with Crippen LogP contribution in [-0.2, 0) is 9.53 Å². The lowest BCUT2D eigenvalue weighted by Crippen LogP contribution is -2.38. The number of nitrogens with two attached hydrogens (primary N) is 1. The molecule has 1 saturated heterocycles. The second kappa shape index (κ2) is 9.04. The van der Waals surface area contributed by atoms with Gasteiger partial charge in [-0.25, -0.2) is 0 Å². The van der Waals surface area contributed by atoms with E-state index in [0.29, 0.717) is 29.2 Å². The number of ether oxygens (including phenoxy) is 1. The minimum Gasteiger partial charge on any atom is -0.364 e. The van der Waals surface area contributed by atoms with E-state index in [0.717, 1.165) is 32.1 Å². The summed E-state index contributed by atoms with van der Waals surface area (Å²) in [5, 5.41) is 3.15. The molecule has 7 heteroatoms. The molecule has 1 aromatic rings. The maximum atomic E-state index is 12.8. The molecule has 2 atom stereocenters. The standard InChI is InChI=1S/C20H28ClN3O3/c1-24(14-5-3-2-4-6-14)20(26)16-9-7-13(11-17(16)21)23-19(25)18-10-8-15(12-22)27-18/h7,9,11,14-15,18H,2-6,8,10,12,22H2,1H3,(H,23,25)/t15-,18+/m1/s1. The van der Waals surface area contributed by atoms with Gasteiger partial charge in [0.2, 0.25) is 0 Å². The Morgan fingerprint density at radius 3 is 2.59 bits per heavy atom. The quantitative estimate of drug-likeness (QED) is 0.804. The van der Waals surface area contributed by atoms with E-state index in [9.17, 15) is 9.59 Å². The van der Waals surface area contributed by atoms with Crippen LogP contribution in [0, 0.1) is 0 Å². The smallest absolute Gasteiger partial charge is 0.255 e. The van der Waals surface area contributed by atoms with Gasteiger partial charge in [0.05, 0.1) is 16.7 Å². The van der Waals surface area contributed by atoms with Crippen molar-refractivity contribution in [3.05, 3.63) is 28.8 Å². The maximum Gasteiger partial charge on any atom is 0.255 e. The minimum absolute atomic E-state index is 0.0559. The lowest BCUT2D eigenvalue weighted by molar-refractivity contribution is -0.126. The van der Waals surface area contributed by atoms with Gasteiger partial charge in [-0.1, -0.05) is 30.9 Å². The molecule has 0 spiro atoms. The number of hydrogen-bond donors (Lipinski definition) is 2. The van der Waals surface area contributed by atoms with Crippen molar-refractivity contribution in [1.82, 2.24) is 4.90 Å². The van der Waals surface area contributed by atoms with Crippen molar-refractivity contribution < 1.29 is 14.3 Å². The number of anilines is 1. The number of carbonyl (C=O) groups excluding carboxylic acids is 2. The zero-order chi connectivity index (χ0) is 19.4. The fourth-order valence-electron chi connectivity index (χ4n) is 3.89. The van der Waals surface area contributed by atoms with Crippen molar-refractivity contribution in [2.75, 3.05) is 18.9 Å². The topological polar surface area (TPSA) is 84.7 Å². The molecule has 0 aromatic heterocycles. The lowest BCUT2D eigenvalue weighted by Gasteiger charge is -2.31. The Kier molecular flexibility index (Phi) is 6.73. The van der Waals surface area contributed by atoms with E-state index in [1.807, 2.05) is 7.05 Å². The number of rotatable bonds is 5. The Bertz CT molecular complexity index is 691. The highest BCUT2D eigenvalue weighted by atomic mass is 35.5. The van der Waals surface area contributed by atoms with E-state index in [2.05, 4.69) is 5.32 Å². The molecule has 6 nitrogen and oxygen atoms in total. The molecule has 0 radical (unpaired) electrons. The highest BCUT2D eigenvalue weighted by Crippen LogP contribution is 2.27. The third-order valence-electron chi connectivity index (χ3n) is 5.57. The van der Waals surface area contributed by atoms with Crippen LogP contribution in [0.25, 0.3) is 0 Å². The van der Waals surface area contributed by atoms with Crippen molar-refractivity contribution in [3.63, 3.8) is 0 Å². The Labute approximate surface area is 165 Å². The molecule has 1 aliphatic carbocycles. The molecule has 148 valence electrons. The molecule has 2 aliphatic rings. The van der Waals surface area contributed by atoms with Gasteiger partial charge >= 0.3 is 0 Å². The molecule has 2 amide bonds. The van der Waals surface area contributed by atoms with Crippen LogP contribution in [0.5, 0.6) is 0 Å². The third kappa shape index (κ3) is 4.81. The van der Waals surface area contributed by atoms with E-state index in [1.165, 1.54) is 6.42 Å². The zero-order valence-corrected chi connectivity index (χ0v) is 16.5. The molecular formula is C20H28ClN3O3. The monoisotopic (exact) mass is 393 g/mol. The van der Waals surface area contributed by atoms with Crippen molar-refractivity contribution in [3.8, 4) is 0 Å². The first-order valence-corrected chi connectivity index (χ1v) is 10.1. The number of halogens is 1. The van der Waals surface area contributed by atoms with Crippen molar-refractivity contribution in [2.24, 2.45) is 5.73 Å². The fourth-order valence-corrected chi connectivity index (χ4v) is 4.15. The van der Waals surface area contributed by atoms with Crippen LogP contribution in [0.2, 0.25) is 5.02 Å². The Balaban J connectivity index is 1.63. The SMILES string of the molecule is CN(C(=O)c1ccc(NC(=O)[C@@H]2CC[C@H](CN)O2)cc1Cl)C1CCCCC1. The fraction of sp³-hybridized carbons (Fsp3) is 0.600. The molecule has 0 unspecified atom stereocenters. The molecule has 1 heterocycles. The number of benzene rings is 1. The van der Waals surface area contributed by atoms with Gasteiger partial charge in [-0.2, -0.15) is 0 Å². The van der Waals surface area contributed by atoms with Crippen molar-refractivity contribution in [1.29, 1.82) is 0 Å². The summed E-state index contributed by atoms with van der Waals surface area (Å²) in [6.45, 7) is 0.418. The predicted octanol–water partition coefficient (Wildman–Crippen LogP) is 3.19. The normalized spacial score (nSPS) is 23.2. The molecule has 2 fully saturated rings. The highest BCUT2D eigenvalue weighted by molar-refractivity contribution is 6.34. The van der Waals surface area contributed by atoms with Gasteiger partial charge < -0.3 is 20.7 Å². The number of amides is 2. The highest BCUT2D eigenvalue weighted by Gasteiger charge is 2.30. The lowest BCUT2D eigenvalue weighted by atomic mass is 9.94. The summed E-state index contributed by atoms with van der Waals surface area (Å²) >= 11 is 6.35. The molecular weight excluding hydrogens is 366 g/mol. The summed E-state index contributed by atoms with van der Waals surface area (Å²) in [6, 6.07) is 5.28. The van der Waals surface area contributed by atoms with Gasteiger partial charge in [0, 0.05) is 25.3 Å². The van der Waals surface area contributed by atoms with Gasteiger partial charge in [-0.15, -0.1) is 0 Å². The van der Waals surface area contributed by atoms with Gasteiger partial charge in [0.25, 0.3) is 11.8 Å². The second-order valence-corrected chi connectivity index (χ2v) is 7.86. The summed E-state index contributed by atoms with van der Waals surface area (Å²) in [5.41, 5.74) is 6.60. The predicted molar refractivity (Wildman–Crippen MR) is 106 cm³/mol. The molecule has 3 rings (SSSR count). The van der Waals surface area contributed by atoms with E-state index in [4.69, 9.17) is 22.1 Å². The van der Waals surface area contributed by atoms with E-state index >= 15 is 0 Å². The van der Waals surface area contributed by atoms with E-state index < -0.39 is 6.10 Å². The first-order chi connectivity index (χ1) is 13.0. The molecule has 1 saturated carbocycles. The van der Waals surface area contributed by atoms with E-state index in [1.54, 1.807) is 23.1 Å². The van der Waals surface area contributed by atoms with Crippen LogP contribution in [-0.4, -0.2) is 48.6 Å². The van der Waals surface area contributed by atoms with Crippen LogP contribution in [0.15, 0.2) is 18.2 Å². The number of nitrogens with zero attached hydrogens (tertiary/aromatic N) is 1. The first-order valence-electron chi connectivity index (χ1n) is 9.72. The average molecular weight is 394 g/mol. The zero-order valence-electron chi connectivity index (χ0n) is 15.7. The number of nitrogens with one attached hydrogen (secondary N) is 1. The van der Waals surface area contributed by atoms with E-state index in [-0.39, 0.29) is 24.0 Å². The Morgan fingerprint density at radius 2 is 1.96 bits per heavy atom. The van der Waals surface area contributed by atoms with Gasteiger partial charge in [0.1, 0.15) is 6.10 Å². The first kappa shape index (κ1) is 20.1. The van der Waals surface area contributed by atoms with Gasteiger partial charge in [-0.05, 0) is 43.9 Å². The Morgan fingerprint density at radius 1 is 1.22 bits per heavy atom. The maximum absolute atomic E-state index is 12.8. The average Bonchev–Trinajstić information content (AvgIpc) is 3.17.